The Morgan fingerprint density at radius 2 is 1.08 bits per heavy atom. The molecule has 0 saturated carbocycles. The van der Waals surface area contributed by atoms with E-state index in [4.69, 9.17) is 0 Å². The molecule has 0 heterocycles. The molecular formula is C17H26F6P2Rh+. The minimum Gasteiger partial charge on any atom is -0.358 e. The molecule has 2 bridgehead atoms. The Morgan fingerprint density at radius 1 is 0.769 bits per heavy atom. The number of benzene rings is 1. The van der Waals surface area contributed by atoms with Crippen LogP contribution >= 0.6 is 15.7 Å². The van der Waals surface area contributed by atoms with Crippen LogP contribution in [-0.4, -0.2) is 13.3 Å². The second-order valence-electron chi connectivity index (χ2n) is 5.66. The fraction of sp³-hybridized carbons (Fsp3) is 0.294. The molecule has 2 aliphatic rings. The Morgan fingerprint density at radius 3 is 1.23 bits per heavy atom. The van der Waals surface area contributed by atoms with E-state index >= 15 is 0 Å². The summed E-state index contributed by atoms with van der Waals surface area (Å²) in [5, 5.41) is 1.52. The van der Waals surface area contributed by atoms with Crippen molar-refractivity contribution in [2.75, 3.05) is 13.3 Å². The van der Waals surface area contributed by atoms with E-state index < -0.39 is 7.81 Å². The summed E-state index contributed by atoms with van der Waals surface area (Å²) in [5.41, 5.74) is 0. The topological polar surface area (TPSA) is 0 Å². The molecule has 0 N–H and O–H groups in total. The van der Waals surface area contributed by atoms with Gasteiger partial charge in [-0.1, -0.05) is 42.5 Å². The van der Waals surface area contributed by atoms with Crippen LogP contribution in [0.25, 0.3) is 0 Å². The Labute approximate surface area is 166 Å². The summed E-state index contributed by atoms with van der Waals surface area (Å²) in [7, 11) is -10.9. The molecule has 0 atom stereocenters. The number of halogens is 6. The second-order valence-corrected chi connectivity index (χ2v) is 10.2. The first kappa shape index (κ1) is 30.5. The van der Waals surface area contributed by atoms with Gasteiger partial charge in [0.1, 0.15) is 0 Å². The quantitative estimate of drug-likeness (QED) is 0.119. The van der Waals surface area contributed by atoms with Gasteiger partial charge in [-0.25, -0.2) is 0 Å². The predicted octanol–water partition coefficient (Wildman–Crippen LogP) is 7.81. The van der Waals surface area contributed by atoms with Gasteiger partial charge in [0.05, 0.1) is 18.6 Å². The Bertz CT molecular complexity index is 528. The van der Waals surface area contributed by atoms with Crippen molar-refractivity contribution in [3.8, 4) is 0 Å². The third-order valence-corrected chi connectivity index (χ3v) is 4.59. The Kier molecular flexibility index (Phi) is 12.1. The third kappa shape index (κ3) is 18.6. The zero-order valence-electron chi connectivity index (χ0n) is 15.1. The van der Waals surface area contributed by atoms with Crippen LogP contribution in [0.1, 0.15) is 6.42 Å². The molecule has 0 spiro atoms. The van der Waals surface area contributed by atoms with E-state index in [1.165, 1.54) is 11.7 Å². The number of hydrogen-bond donors (Lipinski definition) is 0. The normalized spacial score (nSPS) is 21.4. The summed E-state index contributed by atoms with van der Waals surface area (Å²) >= 11 is 0. The van der Waals surface area contributed by atoms with Crippen LogP contribution in [0.4, 0.5) is 25.2 Å². The molecule has 0 unspecified atom stereocenters. The van der Waals surface area contributed by atoms with Crippen LogP contribution < -0.4 is 5.30 Å². The van der Waals surface area contributed by atoms with Gasteiger partial charge < -0.3 is 14.9 Å². The molecule has 3 rings (SSSR count). The number of rotatable bonds is 1. The third-order valence-electron chi connectivity index (χ3n) is 3.11. The van der Waals surface area contributed by atoms with Crippen molar-refractivity contribution in [2.24, 2.45) is 11.8 Å². The average molecular weight is 509 g/mol. The van der Waals surface area contributed by atoms with Crippen molar-refractivity contribution >= 4 is 21.0 Å². The fourth-order valence-electron chi connectivity index (χ4n) is 2.10. The number of fused-ring (bicyclic) bond motifs is 2. The molecule has 1 aromatic rings. The Balaban J connectivity index is -0.000000291. The molecule has 0 aliphatic heterocycles. The average Bonchev–Trinajstić information content (AvgIpc) is 3.01. The van der Waals surface area contributed by atoms with E-state index in [-0.39, 0.29) is 42.3 Å². The van der Waals surface area contributed by atoms with Gasteiger partial charge in [0, 0.05) is 7.92 Å². The molecule has 154 valence electrons. The SMILES string of the molecule is C1=CC2C=CC1C2.C[PH+](C)c1ccccc1.F[P-](F)(F)(F)(F)F.[CH3-].[CH3-].[Rh+3]. The van der Waals surface area contributed by atoms with Crippen molar-refractivity contribution in [3.05, 3.63) is 69.5 Å². The van der Waals surface area contributed by atoms with Gasteiger partial charge in [0.25, 0.3) is 0 Å². The maximum atomic E-state index is 9.87. The van der Waals surface area contributed by atoms with Gasteiger partial charge in [-0.3, -0.25) is 0 Å². The van der Waals surface area contributed by atoms with Gasteiger partial charge in [-0.2, -0.15) is 0 Å². The first-order valence-electron chi connectivity index (χ1n) is 6.99. The number of hydrogen-bond acceptors (Lipinski definition) is 0. The maximum Gasteiger partial charge on any atom is 3.00 e. The molecule has 0 fully saturated rings. The molecule has 26 heavy (non-hydrogen) atoms. The minimum absolute atomic E-state index is 0. The van der Waals surface area contributed by atoms with E-state index in [0.29, 0.717) is 0 Å². The van der Waals surface area contributed by atoms with Crippen LogP contribution in [0.3, 0.4) is 0 Å². The van der Waals surface area contributed by atoms with Crippen LogP contribution in [-0.2, 0) is 19.5 Å². The van der Waals surface area contributed by atoms with Gasteiger partial charge in [-0.05, 0) is 30.4 Å². The van der Waals surface area contributed by atoms with Gasteiger partial charge in [0.15, 0.2) is 0 Å². The summed E-state index contributed by atoms with van der Waals surface area (Å²) < 4.78 is 59.2. The first-order chi connectivity index (χ1) is 10.2. The van der Waals surface area contributed by atoms with Crippen LogP contribution in [0.2, 0.25) is 0 Å². The summed E-state index contributed by atoms with van der Waals surface area (Å²) in [6.45, 7) is 4.61. The largest absolute Gasteiger partial charge is 3.00 e. The van der Waals surface area contributed by atoms with Crippen molar-refractivity contribution in [1.29, 1.82) is 0 Å². The smallest absolute Gasteiger partial charge is 0.358 e. The van der Waals surface area contributed by atoms with Crippen molar-refractivity contribution in [2.45, 2.75) is 6.42 Å². The summed E-state index contributed by atoms with van der Waals surface area (Å²) in [5.74, 6) is 1.62. The van der Waals surface area contributed by atoms with Crippen molar-refractivity contribution in [3.63, 3.8) is 0 Å². The second kappa shape index (κ2) is 10.3. The standard InChI is InChI=1S/C8H11P.C7H8.2CH3.F6P.Rh/c1-9(2)8-6-4-3-5-7-8;1-2-7-4-3-6(1)5-7;;;1-7(2,3,4,5)6;/h3-7H,1-2H3;1-4,6-7H,5H2;2*1H3;;/q;;3*-1;+3/p+1. The van der Waals surface area contributed by atoms with E-state index in [1.807, 2.05) is 0 Å². The van der Waals surface area contributed by atoms with E-state index in [9.17, 15) is 25.2 Å². The molecule has 0 radical (unpaired) electrons. The maximum absolute atomic E-state index is 10.7. The fourth-order valence-corrected chi connectivity index (χ4v) is 2.96. The van der Waals surface area contributed by atoms with E-state index in [2.05, 4.69) is 68.0 Å². The van der Waals surface area contributed by atoms with E-state index in [1.54, 1.807) is 0 Å². The number of allylic oxidation sites excluding steroid dienone is 4. The van der Waals surface area contributed by atoms with Crippen LogP contribution in [0.15, 0.2) is 54.6 Å². The molecule has 9 heteroatoms. The molecule has 0 aromatic heterocycles. The van der Waals surface area contributed by atoms with E-state index in [0.717, 1.165) is 11.8 Å². The molecular weight excluding hydrogens is 483 g/mol. The summed E-state index contributed by atoms with van der Waals surface area (Å²) in [6, 6.07) is 10.7. The minimum atomic E-state index is -10.7. The molecule has 1 aromatic carbocycles. The summed E-state index contributed by atoms with van der Waals surface area (Å²) in [6.07, 6.45) is 10.5. The molecule has 0 nitrogen and oxygen atoms in total. The van der Waals surface area contributed by atoms with Gasteiger partial charge in [-0.15, -0.1) is 0 Å². The van der Waals surface area contributed by atoms with Crippen molar-refractivity contribution < 1.29 is 44.7 Å². The molecule has 0 saturated heterocycles. The predicted molar refractivity (Wildman–Crippen MR) is 103 cm³/mol. The summed E-state index contributed by atoms with van der Waals surface area (Å²) in [4.78, 5) is 0. The Hall–Kier alpha value is -0.237. The first-order valence-corrected chi connectivity index (χ1v) is 11.5. The zero-order chi connectivity index (χ0) is 17.8. The van der Waals surface area contributed by atoms with Crippen molar-refractivity contribution in [1.82, 2.24) is 0 Å². The monoisotopic (exact) mass is 509 g/mol. The zero-order valence-corrected chi connectivity index (χ0v) is 18.6. The molecule has 0 amide bonds. The van der Waals surface area contributed by atoms with Gasteiger partial charge >= 0.3 is 52.5 Å². The molecule has 2 aliphatic carbocycles. The van der Waals surface area contributed by atoms with Crippen LogP contribution in [0.5, 0.6) is 0 Å². The van der Waals surface area contributed by atoms with Crippen LogP contribution in [0, 0.1) is 26.7 Å². The van der Waals surface area contributed by atoms with Gasteiger partial charge in [0.2, 0.25) is 0 Å².